The van der Waals surface area contributed by atoms with Gasteiger partial charge in [-0.05, 0) is 62.4 Å². The molecule has 188 valence electrons. The maximum absolute atomic E-state index is 12.2. The molecule has 38 heavy (non-hydrogen) atoms. The Hall–Kier alpha value is -4.70. The van der Waals surface area contributed by atoms with E-state index in [0.29, 0.717) is 28.9 Å². The van der Waals surface area contributed by atoms with Crippen molar-refractivity contribution in [3.05, 3.63) is 100 Å². The van der Waals surface area contributed by atoms with Gasteiger partial charge in [0.2, 0.25) is 0 Å². The van der Waals surface area contributed by atoms with E-state index in [2.05, 4.69) is 30.1 Å². The Labute approximate surface area is 223 Å². The van der Waals surface area contributed by atoms with Crippen molar-refractivity contribution in [2.75, 3.05) is 0 Å². The van der Waals surface area contributed by atoms with Crippen LogP contribution in [0.1, 0.15) is 13.8 Å². The molecule has 0 amide bonds. The summed E-state index contributed by atoms with van der Waals surface area (Å²) in [5.74, 6) is 0. The number of hydrogen-bond donors (Lipinski definition) is 0. The van der Waals surface area contributed by atoms with Crippen molar-refractivity contribution < 1.29 is 0 Å². The van der Waals surface area contributed by atoms with E-state index in [4.69, 9.17) is 12.2 Å². The minimum absolute atomic E-state index is 0.169. The molecule has 6 aromatic rings. The van der Waals surface area contributed by atoms with Crippen LogP contribution in [0.3, 0.4) is 0 Å². The molecule has 0 aromatic carbocycles. The molecule has 0 unspecified atom stereocenters. The molecule has 0 fully saturated rings. The number of rotatable bonds is 4. The van der Waals surface area contributed by atoms with Gasteiger partial charge >= 0.3 is 0 Å². The van der Waals surface area contributed by atoms with Gasteiger partial charge in [0, 0.05) is 48.6 Å². The molecule has 10 heteroatoms. The first kappa shape index (κ1) is 25.0. The van der Waals surface area contributed by atoms with E-state index < -0.39 is 0 Å². The minimum atomic E-state index is -0.169. The molecule has 6 heterocycles. The Morgan fingerprint density at radius 2 is 1.13 bits per heavy atom. The summed E-state index contributed by atoms with van der Waals surface area (Å²) < 4.78 is 3.87. The first-order chi connectivity index (χ1) is 18.6. The zero-order valence-electron chi connectivity index (χ0n) is 20.9. The van der Waals surface area contributed by atoms with Crippen LogP contribution in [0.25, 0.3) is 44.6 Å². The van der Waals surface area contributed by atoms with Crippen molar-refractivity contribution in [3.8, 4) is 22.8 Å². The summed E-state index contributed by atoms with van der Waals surface area (Å²) in [7, 11) is 0. The van der Waals surface area contributed by atoms with Gasteiger partial charge in [0.1, 0.15) is 27.1 Å². The third kappa shape index (κ3) is 4.81. The summed E-state index contributed by atoms with van der Waals surface area (Å²) in [6, 6.07) is 18.9. The third-order valence-corrected chi connectivity index (χ3v) is 6.26. The highest BCUT2D eigenvalue weighted by Crippen LogP contribution is 2.24. The summed E-state index contributed by atoms with van der Waals surface area (Å²) in [6.45, 7) is 5.11. The first-order valence-corrected chi connectivity index (χ1v) is 12.6. The molecule has 0 saturated heterocycles. The van der Waals surface area contributed by atoms with Crippen molar-refractivity contribution >= 4 is 34.0 Å². The topological polar surface area (TPSA) is 104 Å². The van der Waals surface area contributed by atoms with Gasteiger partial charge in [-0.2, -0.15) is 10.2 Å². The highest BCUT2D eigenvalue weighted by atomic mass is 32.1. The average Bonchev–Trinajstić information content (AvgIpc) is 2.99. The summed E-state index contributed by atoms with van der Waals surface area (Å²) >= 11 is 5.42. The van der Waals surface area contributed by atoms with Crippen LogP contribution in [-0.2, 0) is 13.1 Å². The van der Waals surface area contributed by atoms with Crippen LogP contribution >= 0.6 is 12.2 Å². The van der Waals surface area contributed by atoms with E-state index in [1.807, 2.05) is 68.4 Å². The van der Waals surface area contributed by atoms with E-state index in [1.165, 1.54) is 4.68 Å². The van der Waals surface area contributed by atoms with E-state index in [9.17, 15) is 4.79 Å². The quantitative estimate of drug-likeness (QED) is 0.295. The third-order valence-electron chi connectivity index (χ3n) is 5.86. The maximum Gasteiger partial charge on any atom is 0.293 e. The van der Waals surface area contributed by atoms with Crippen LogP contribution < -0.4 is 5.56 Å². The van der Waals surface area contributed by atoms with Gasteiger partial charge in [-0.15, -0.1) is 0 Å². The highest BCUT2D eigenvalue weighted by molar-refractivity contribution is 7.71. The molecule has 0 spiro atoms. The first-order valence-electron chi connectivity index (χ1n) is 12.2. The van der Waals surface area contributed by atoms with Crippen LogP contribution in [0.2, 0.25) is 0 Å². The van der Waals surface area contributed by atoms with Crippen molar-refractivity contribution in [2.24, 2.45) is 0 Å². The fraction of sp³-hybridized carbons (Fsp3) is 0.143. The second kappa shape index (κ2) is 11.1. The Morgan fingerprint density at radius 3 is 1.66 bits per heavy atom. The van der Waals surface area contributed by atoms with Gasteiger partial charge in [-0.25, -0.2) is 4.68 Å². The minimum Gasteiger partial charge on any atom is -0.265 e. The molecule has 0 aliphatic heterocycles. The summed E-state index contributed by atoms with van der Waals surface area (Å²) in [5.41, 5.74) is 4.14. The van der Waals surface area contributed by atoms with Gasteiger partial charge in [-0.3, -0.25) is 29.4 Å². The average molecular weight is 521 g/mol. The fourth-order valence-electron chi connectivity index (χ4n) is 4.03. The van der Waals surface area contributed by atoms with Gasteiger partial charge in [0.05, 0.1) is 11.4 Å². The van der Waals surface area contributed by atoms with E-state index in [1.54, 1.807) is 35.5 Å². The largest absolute Gasteiger partial charge is 0.293 e. The van der Waals surface area contributed by atoms with Crippen LogP contribution in [0.5, 0.6) is 0 Å². The Balaban J connectivity index is 0.000000155. The normalized spacial score (nSPS) is 10.8. The molecule has 0 aliphatic rings. The number of pyridine rings is 4. The van der Waals surface area contributed by atoms with Crippen LogP contribution in [0.15, 0.2) is 90.2 Å². The summed E-state index contributed by atoms with van der Waals surface area (Å²) in [5, 5.41) is 10.7. The standard InChI is InChI=1S/C14H12N4O.C14H12N4S/c2*1-2-18-14(19)13-10(6-5-9-16-13)12(17-18)11-7-3-4-8-15-11/h2*3-9H,2H2,1H3. The Bertz CT molecular complexity index is 1700. The molecule has 0 atom stereocenters. The SMILES string of the molecule is CCn1nc(-c2ccccn2)c2cccnc2c1=O.CCn1nc(-c2ccccn2)c2cccnc2c1=S. The number of nitrogens with zero attached hydrogens (tertiary/aromatic N) is 8. The highest BCUT2D eigenvalue weighted by Gasteiger charge is 2.13. The molecule has 9 nitrogen and oxygen atoms in total. The molecule has 6 rings (SSSR count). The van der Waals surface area contributed by atoms with Crippen molar-refractivity contribution in [3.63, 3.8) is 0 Å². The second-order valence-electron chi connectivity index (χ2n) is 8.17. The zero-order valence-corrected chi connectivity index (χ0v) is 21.7. The van der Waals surface area contributed by atoms with E-state index in [0.717, 1.165) is 33.4 Å². The molecular formula is C28H24N8OS. The number of fused-ring (bicyclic) bond motifs is 2. The number of hydrogen-bond acceptors (Lipinski definition) is 8. The predicted molar refractivity (Wildman–Crippen MR) is 150 cm³/mol. The van der Waals surface area contributed by atoms with Crippen molar-refractivity contribution in [1.29, 1.82) is 0 Å². The molecule has 0 bridgehead atoms. The molecule has 0 saturated carbocycles. The van der Waals surface area contributed by atoms with Gasteiger partial charge in [0.15, 0.2) is 0 Å². The van der Waals surface area contributed by atoms with Crippen LogP contribution in [0, 0.1) is 4.64 Å². The lowest BCUT2D eigenvalue weighted by atomic mass is 10.1. The number of aryl methyl sites for hydroxylation is 2. The van der Waals surface area contributed by atoms with Gasteiger partial charge in [0.25, 0.3) is 5.56 Å². The second-order valence-corrected chi connectivity index (χ2v) is 8.55. The lowest BCUT2D eigenvalue weighted by molar-refractivity contribution is 0.624. The Kier molecular flexibility index (Phi) is 7.32. The van der Waals surface area contributed by atoms with E-state index in [-0.39, 0.29) is 5.56 Å². The van der Waals surface area contributed by atoms with Crippen LogP contribution in [-0.4, -0.2) is 39.5 Å². The predicted octanol–water partition coefficient (Wildman–Crippen LogP) is 5.12. The van der Waals surface area contributed by atoms with Gasteiger partial charge in [-0.1, -0.05) is 24.4 Å². The molecule has 0 aliphatic carbocycles. The Morgan fingerprint density at radius 1 is 0.632 bits per heavy atom. The van der Waals surface area contributed by atoms with Gasteiger partial charge < -0.3 is 0 Å². The lowest BCUT2D eigenvalue weighted by Crippen LogP contribution is -2.23. The van der Waals surface area contributed by atoms with Crippen molar-refractivity contribution in [1.82, 2.24) is 39.5 Å². The summed E-state index contributed by atoms with van der Waals surface area (Å²) in [6.07, 6.45) is 6.84. The molecular weight excluding hydrogens is 496 g/mol. The van der Waals surface area contributed by atoms with Crippen LogP contribution in [0.4, 0.5) is 0 Å². The molecule has 6 aromatic heterocycles. The fourth-order valence-corrected chi connectivity index (χ4v) is 4.36. The van der Waals surface area contributed by atoms with E-state index >= 15 is 0 Å². The monoisotopic (exact) mass is 520 g/mol. The number of aromatic nitrogens is 8. The maximum atomic E-state index is 12.2. The zero-order chi connectivity index (χ0) is 26.5. The van der Waals surface area contributed by atoms with Crippen molar-refractivity contribution in [2.45, 2.75) is 26.9 Å². The summed E-state index contributed by atoms with van der Waals surface area (Å²) in [4.78, 5) is 29.4. The lowest BCUT2D eigenvalue weighted by Gasteiger charge is -2.09. The molecule has 0 N–H and O–H groups in total. The smallest absolute Gasteiger partial charge is 0.265 e. The molecule has 0 radical (unpaired) electrons.